The Labute approximate surface area is 62.5 Å². The molecule has 60 valence electrons. The Kier molecular flexibility index (Phi) is 3.12. The fourth-order valence-electron chi connectivity index (χ4n) is 1.55. The summed E-state index contributed by atoms with van der Waals surface area (Å²) in [6.45, 7) is 3.23. The van der Waals surface area contributed by atoms with Gasteiger partial charge >= 0.3 is 0 Å². The van der Waals surface area contributed by atoms with Crippen molar-refractivity contribution in [1.29, 1.82) is 0 Å². The van der Waals surface area contributed by atoms with Crippen molar-refractivity contribution in [2.75, 3.05) is 26.7 Å². The Morgan fingerprint density at radius 3 is 3.10 bits per heavy atom. The minimum atomic E-state index is 0.767. The molecule has 3 N–H and O–H groups in total. The summed E-state index contributed by atoms with van der Waals surface area (Å²) in [5.41, 5.74) is 0. The lowest BCUT2D eigenvalue weighted by Gasteiger charge is -2.28. The smallest absolute Gasteiger partial charge is 0.0169 e. The Hall–Kier alpha value is -0.120. The average molecular weight is 143 g/mol. The van der Waals surface area contributed by atoms with Gasteiger partial charge in [-0.25, -0.2) is 5.01 Å². The largest absolute Gasteiger partial charge is 0.319 e. The van der Waals surface area contributed by atoms with Crippen LogP contribution in [0, 0.1) is 5.92 Å². The predicted octanol–water partition coefficient (Wildman–Crippen LogP) is -0.208. The predicted molar refractivity (Wildman–Crippen MR) is 42.4 cm³/mol. The third kappa shape index (κ3) is 2.25. The van der Waals surface area contributed by atoms with Crippen molar-refractivity contribution in [3.8, 4) is 0 Å². The molecule has 0 aliphatic carbocycles. The third-order valence-corrected chi connectivity index (χ3v) is 2.04. The van der Waals surface area contributed by atoms with Gasteiger partial charge in [0.1, 0.15) is 0 Å². The van der Waals surface area contributed by atoms with Crippen LogP contribution in [0.2, 0.25) is 0 Å². The first-order valence-corrected chi connectivity index (χ1v) is 3.97. The van der Waals surface area contributed by atoms with Crippen molar-refractivity contribution < 1.29 is 0 Å². The first-order chi connectivity index (χ1) is 4.83. The second-order valence-electron chi connectivity index (χ2n) is 3.06. The van der Waals surface area contributed by atoms with Gasteiger partial charge in [0, 0.05) is 13.1 Å². The lowest BCUT2D eigenvalue weighted by atomic mass is 9.99. The van der Waals surface area contributed by atoms with E-state index in [1.807, 2.05) is 12.1 Å². The average Bonchev–Trinajstić information content (AvgIpc) is 1.88. The summed E-state index contributed by atoms with van der Waals surface area (Å²) in [5, 5.41) is 5.10. The summed E-state index contributed by atoms with van der Waals surface area (Å²) in [4.78, 5) is 0. The van der Waals surface area contributed by atoms with Crippen molar-refractivity contribution in [2.24, 2.45) is 11.8 Å². The molecule has 0 saturated carbocycles. The highest BCUT2D eigenvalue weighted by Crippen LogP contribution is 2.12. The van der Waals surface area contributed by atoms with Gasteiger partial charge in [-0.2, -0.15) is 0 Å². The van der Waals surface area contributed by atoms with Gasteiger partial charge in [-0.05, 0) is 32.4 Å². The van der Waals surface area contributed by atoms with Crippen LogP contribution in [0.5, 0.6) is 0 Å². The van der Waals surface area contributed by atoms with E-state index in [-0.39, 0.29) is 0 Å². The molecule has 0 spiro atoms. The maximum Gasteiger partial charge on any atom is 0.0169 e. The summed E-state index contributed by atoms with van der Waals surface area (Å²) in [7, 11) is 2.00. The zero-order valence-corrected chi connectivity index (χ0v) is 6.64. The Morgan fingerprint density at radius 1 is 1.70 bits per heavy atom. The summed E-state index contributed by atoms with van der Waals surface area (Å²) in [5.74, 6) is 6.43. The number of nitrogens with zero attached hydrogens (tertiary/aromatic N) is 1. The molecular weight excluding hydrogens is 126 g/mol. The molecule has 0 radical (unpaired) electrons. The van der Waals surface area contributed by atoms with E-state index in [1.54, 1.807) is 0 Å². The number of rotatable bonds is 2. The molecule has 1 fully saturated rings. The number of nitrogens with one attached hydrogen (secondary N) is 1. The monoisotopic (exact) mass is 143 g/mol. The minimum Gasteiger partial charge on any atom is -0.319 e. The van der Waals surface area contributed by atoms with Crippen LogP contribution in [-0.2, 0) is 0 Å². The van der Waals surface area contributed by atoms with Crippen molar-refractivity contribution in [1.82, 2.24) is 10.3 Å². The van der Waals surface area contributed by atoms with Gasteiger partial charge in [-0.15, -0.1) is 0 Å². The molecule has 1 heterocycles. The van der Waals surface area contributed by atoms with Crippen molar-refractivity contribution in [3.63, 3.8) is 0 Å². The molecule has 0 aromatic rings. The van der Waals surface area contributed by atoms with Crippen molar-refractivity contribution in [2.45, 2.75) is 12.8 Å². The summed E-state index contributed by atoms with van der Waals surface area (Å²) >= 11 is 0. The fraction of sp³-hybridized carbons (Fsp3) is 1.00. The van der Waals surface area contributed by atoms with E-state index in [1.165, 1.54) is 12.8 Å². The van der Waals surface area contributed by atoms with Crippen molar-refractivity contribution in [3.05, 3.63) is 0 Å². The molecule has 3 nitrogen and oxygen atoms in total. The molecule has 1 atom stereocenters. The Morgan fingerprint density at radius 2 is 2.50 bits per heavy atom. The van der Waals surface area contributed by atoms with Gasteiger partial charge in [-0.3, -0.25) is 5.84 Å². The molecule has 3 heteroatoms. The topological polar surface area (TPSA) is 41.3 Å². The lowest BCUT2D eigenvalue weighted by molar-refractivity contribution is 0.177. The normalized spacial score (nSPS) is 28.8. The van der Waals surface area contributed by atoms with Crippen LogP contribution in [0.15, 0.2) is 0 Å². The van der Waals surface area contributed by atoms with Crippen LogP contribution in [0.3, 0.4) is 0 Å². The van der Waals surface area contributed by atoms with E-state index in [9.17, 15) is 0 Å². The second-order valence-corrected chi connectivity index (χ2v) is 3.06. The quantitative estimate of drug-likeness (QED) is 0.526. The summed E-state index contributed by atoms with van der Waals surface area (Å²) in [6, 6.07) is 0. The lowest BCUT2D eigenvalue weighted by Crippen LogP contribution is -2.42. The highest BCUT2D eigenvalue weighted by atomic mass is 15.4. The van der Waals surface area contributed by atoms with E-state index in [4.69, 9.17) is 5.84 Å². The number of hydrogen-bond donors (Lipinski definition) is 2. The molecule has 1 aliphatic heterocycles. The van der Waals surface area contributed by atoms with Crippen LogP contribution < -0.4 is 11.2 Å². The fourth-order valence-corrected chi connectivity index (χ4v) is 1.55. The molecule has 0 bridgehead atoms. The number of hydrogen-bond acceptors (Lipinski definition) is 3. The molecule has 0 amide bonds. The first-order valence-electron chi connectivity index (χ1n) is 3.97. The number of nitrogens with two attached hydrogens (primary N) is 1. The number of piperidine rings is 1. The molecule has 1 unspecified atom stereocenters. The second kappa shape index (κ2) is 3.91. The van der Waals surface area contributed by atoms with E-state index in [0.717, 1.165) is 25.6 Å². The Balaban J connectivity index is 2.18. The zero-order chi connectivity index (χ0) is 7.40. The van der Waals surface area contributed by atoms with Crippen LogP contribution in [0.1, 0.15) is 12.8 Å². The van der Waals surface area contributed by atoms with Gasteiger partial charge < -0.3 is 5.32 Å². The van der Waals surface area contributed by atoms with E-state index in [0.29, 0.717) is 0 Å². The molecule has 1 rings (SSSR count). The van der Waals surface area contributed by atoms with Crippen LogP contribution in [-0.4, -0.2) is 31.7 Å². The van der Waals surface area contributed by atoms with Crippen LogP contribution >= 0.6 is 0 Å². The van der Waals surface area contributed by atoms with Crippen LogP contribution in [0.4, 0.5) is 0 Å². The Bertz CT molecular complexity index is 92.9. The standard InChI is InChI=1S/C7H17N3/c1-9-5-7-3-2-4-10(8)6-7/h7,9H,2-6,8H2,1H3. The molecule has 1 aliphatic rings. The van der Waals surface area contributed by atoms with Gasteiger partial charge in [0.25, 0.3) is 0 Å². The summed E-state index contributed by atoms with van der Waals surface area (Å²) < 4.78 is 0. The molecule has 0 aromatic carbocycles. The van der Waals surface area contributed by atoms with Gasteiger partial charge in [0.05, 0.1) is 0 Å². The molecule has 0 aromatic heterocycles. The minimum absolute atomic E-state index is 0.767. The maximum atomic E-state index is 5.66. The highest BCUT2D eigenvalue weighted by Gasteiger charge is 2.15. The number of hydrazine groups is 1. The molecular formula is C7H17N3. The third-order valence-electron chi connectivity index (χ3n) is 2.04. The summed E-state index contributed by atoms with van der Waals surface area (Å²) in [6.07, 6.45) is 2.58. The van der Waals surface area contributed by atoms with E-state index >= 15 is 0 Å². The zero-order valence-electron chi connectivity index (χ0n) is 6.64. The van der Waals surface area contributed by atoms with E-state index < -0.39 is 0 Å². The highest BCUT2D eigenvalue weighted by molar-refractivity contribution is 4.70. The van der Waals surface area contributed by atoms with Gasteiger partial charge in [0.2, 0.25) is 0 Å². The van der Waals surface area contributed by atoms with Crippen LogP contribution in [0.25, 0.3) is 0 Å². The maximum absolute atomic E-state index is 5.66. The first kappa shape index (κ1) is 7.98. The molecule has 10 heavy (non-hydrogen) atoms. The van der Waals surface area contributed by atoms with Crippen molar-refractivity contribution >= 4 is 0 Å². The van der Waals surface area contributed by atoms with Gasteiger partial charge in [0.15, 0.2) is 0 Å². The van der Waals surface area contributed by atoms with E-state index in [2.05, 4.69) is 5.32 Å². The molecule has 1 saturated heterocycles. The SMILES string of the molecule is CNCC1CCCN(N)C1. The van der Waals surface area contributed by atoms with Gasteiger partial charge in [-0.1, -0.05) is 0 Å².